The number of alkyl halides is 3. The molecule has 0 aliphatic carbocycles. The van der Waals surface area contributed by atoms with Gasteiger partial charge in [-0.3, -0.25) is 9.78 Å². The number of halogens is 3. The highest BCUT2D eigenvalue weighted by Gasteiger charge is 2.33. The van der Waals surface area contributed by atoms with Gasteiger partial charge < -0.3 is 15.4 Å². The van der Waals surface area contributed by atoms with Crippen LogP contribution in [0.15, 0.2) is 36.5 Å². The SMILES string of the molecule is Nc1nc2ccc(C(=O)N3CCOCC3c3ccc(C(F)(F)F)cn3)cc2c2nnnn12. The number of carbonyl (C=O) groups is 1. The number of nitrogens with two attached hydrogens (primary N) is 1. The van der Waals surface area contributed by atoms with Crippen molar-refractivity contribution in [3.8, 4) is 0 Å². The molecule has 0 radical (unpaired) electrons. The van der Waals surface area contributed by atoms with E-state index in [1.54, 1.807) is 18.2 Å². The highest BCUT2D eigenvalue weighted by molar-refractivity contribution is 6.01. The van der Waals surface area contributed by atoms with Crippen LogP contribution in [0.2, 0.25) is 0 Å². The minimum atomic E-state index is -4.49. The second kappa shape index (κ2) is 7.37. The summed E-state index contributed by atoms with van der Waals surface area (Å²) in [5, 5.41) is 11.9. The number of nitrogens with zero attached hydrogens (tertiary/aromatic N) is 7. The Morgan fingerprint density at radius 2 is 2.06 bits per heavy atom. The molecule has 164 valence electrons. The van der Waals surface area contributed by atoms with Crippen LogP contribution in [-0.2, 0) is 10.9 Å². The highest BCUT2D eigenvalue weighted by Crippen LogP contribution is 2.31. The molecule has 1 aliphatic heterocycles. The van der Waals surface area contributed by atoms with Crippen molar-refractivity contribution in [1.82, 2.24) is 34.9 Å². The van der Waals surface area contributed by atoms with Gasteiger partial charge in [-0.05, 0) is 40.8 Å². The Morgan fingerprint density at radius 3 is 2.81 bits per heavy atom. The Labute approximate surface area is 177 Å². The second-order valence-electron chi connectivity index (χ2n) is 7.17. The Bertz CT molecular complexity index is 1320. The number of ether oxygens (including phenoxy) is 1. The van der Waals surface area contributed by atoms with Crippen molar-refractivity contribution in [2.24, 2.45) is 0 Å². The van der Waals surface area contributed by atoms with E-state index in [4.69, 9.17) is 10.5 Å². The monoisotopic (exact) mass is 444 g/mol. The topological polar surface area (TPSA) is 124 Å². The van der Waals surface area contributed by atoms with Crippen LogP contribution in [0, 0.1) is 0 Å². The molecule has 32 heavy (non-hydrogen) atoms. The van der Waals surface area contributed by atoms with Crippen LogP contribution in [-0.4, -0.2) is 60.6 Å². The average Bonchev–Trinajstić information content (AvgIpc) is 3.29. The van der Waals surface area contributed by atoms with Crippen molar-refractivity contribution < 1.29 is 22.7 Å². The van der Waals surface area contributed by atoms with Crippen molar-refractivity contribution in [2.45, 2.75) is 12.2 Å². The molecule has 2 N–H and O–H groups in total. The van der Waals surface area contributed by atoms with E-state index in [1.807, 2.05) is 0 Å². The first-order chi connectivity index (χ1) is 15.3. The van der Waals surface area contributed by atoms with Crippen LogP contribution in [0.5, 0.6) is 0 Å². The molecule has 0 bridgehead atoms. The summed E-state index contributed by atoms with van der Waals surface area (Å²) >= 11 is 0. The maximum absolute atomic E-state index is 13.4. The Morgan fingerprint density at radius 1 is 1.22 bits per heavy atom. The minimum absolute atomic E-state index is 0.109. The van der Waals surface area contributed by atoms with E-state index in [2.05, 4.69) is 25.5 Å². The van der Waals surface area contributed by atoms with Crippen molar-refractivity contribution >= 4 is 28.4 Å². The number of fused-ring (bicyclic) bond motifs is 3. The number of pyridine rings is 1. The van der Waals surface area contributed by atoms with E-state index >= 15 is 0 Å². The molecule has 5 rings (SSSR count). The molecule has 1 amide bonds. The first-order valence-electron chi connectivity index (χ1n) is 9.52. The largest absolute Gasteiger partial charge is 0.417 e. The summed E-state index contributed by atoms with van der Waals surface area (Å²) in [7, 11) is 0. The van der Waals surface area contributed by atoms with Gasteiger partial charge in [0.15, 0.2) is 5.65 Å². The van der Waals surface area contributed by atoms with Gasteiger partial charge in [0.25, 0.3) is 5.91 Å². The average molecular weight is 444 g/mol. The van der Waals surface area contributed by atoms with Gasteiger partial charge in [-0.1, -0.05) is 0 Å². The van der Waals surface area contributed by atoms with E-state index in [0.29, 0.717) is 34.4 Å². The fraction of sp³-hybridized carbons (Fsp3) is 0.263. The zero-order valence-corrected chi connectivity index (χ0v) is 16.3. The summed E-state index contributed by atoms with van der Waals surface area (Å²) in [6.07, 6.45) is -3.73. The van der Waals surface area contributed by atoms with Crippen LogP contribution in [0.25, 0.3) is 16.6 Å². The van der Waals surface area contributed by atoms with E-state index in [1.165, 1.54) is 15.5 Å². The maximum Gasteiger partial charge on any atom is 0.417 e. The van der Waals surface area contributed by atoms with E-state index in [0.717, 1.165) is 12.3 Å². The molecule has 10 nitrogen and oxygen atoms in total. The summed E-state index contributed by atoms with van der Waals surface area (Å²) < 4.78 is 45.3. The predicted molar refractivity (Wildman–Crippen MR) is 104 cm³/mol. The van der Waals surface area contributed by atoms with Crippen molar-refractivity contribution in [2.75, 3.05) is 25.5 Å². The molecular formula is C19H15F3N8O2. The molecule has 4 aromatic rings. The lowest BCUT2D eigenvalue weighted by Gasteiger charge is -2.35. The van der Waals surface area contributed by atoms with Crippen LogP contribution >= 0.6 is 0 Å². The van der Waals surface area contributed by atoms with E-state index in [-0.39, 0.29) is 25.0 Å². The Kier molecular flexibility index (Phi) is 4.62. The minimum Gasteiger partial charge on any atom is -0.377 e. The third kappa shape index (κ3) is 3.36. The second-order valence-corrected chi connectivity index (χ2v) is 7.17. The lowest BCUT2D eigenvalue weighted by Crippen LogP contribution is -2.43. The van der Waals surface area contributed by atoms with Crippen LogP contribution in [0.1, 0.15) is 27.7 Å². The standard InChI is InChI=1S/C19H15F3N8O2/c20-19(21,22)11-2-4-14(24-8-11)15-9-32-6-5-29(15)17(31)10-1-3-13-12(7-10)16-26-27-28-30(16)18(23)25-13/h1-4,7-8,15H,5-6,9H2,(H2,23,25). The molecule has 0 spiro atoms. The fourth-order valence-corrected chi connectivity index (χ4v) is 3.65. The Hall–Kier alpha value is -3.87. The molecule has 4 heterocycles. The van der Waals surface area contributed by atoms with Crippen molar-refractivity contribution in [3.05, 3.63) is 53.3 Å². The first kappa shape index (κ1) is 20.1. The van der Waals surface area contributed by atoms with Crippen LogP contribution in [0.3, 0.4) is 0 Å². The molecule has 1 aliphatic rings. The van der Waals surface area contributed by atoms with Crippen LogP contribution < -0.4 is 5.73 Å². The van der Waals surface area contributed by atoms with Gasteiger partial charge in [0.2, 0.25) is 5.95 Å². The molecule has 1 fully saturated rings. The number of tetrazole rings is 1. The molecule has 13 heteroatoms. The maximum atomic E-state index is 13.4. The van der Waals surface area contributed by atoms with Gasteiger partial charge in [-0.2, -0.15) is 17.7 Å². The number of morpholine rings is 1. The van der Waals surface area contributed by atoms with Gasteiger partial charge in [0, 0.05) is 23.7 Å². The van der Waals surface area contributed by atoms with Gasteiger partial charge in [0.05, 0.1) is 36.0 Å². The molecule has 0 saturated carbocycles. The van der Waals surface area contributed by atoms with Gasteiger partial charge >= 0.3 is 6.18 Å². The predicted octanol–water partition coefficient (Wildman–Crippen LogP) is 1.88. The molecule has 1 saturated heterocycles. The zero-order chi connectivity index (χ0) is 22.5. The van der Waals surface area contributed by atoms with Gasteiger partial charge in [-0.15, -0.1) is 5.10 Å². The van der Waals surface area contributed by atoms with E-state index in [9.17, 15) is 18.0 Å². The number of hydrogen-bond donors (Lipinski definition) is 1. The number of anilines is 1. The molecule has 1 unspecified atom stereocenters. The van der Waals surface area contributed by atoms with Gasteiger partial charge in [0.1, 0.15) is 0 Å². The highest BCUT2D eigenvalue weighted by atomic mass is 19.4. The third-order valence-corrected chi connectivity index (χ3v) is 5.25. The van der Waals surface area contributed by atoms with Crippen LogP contribution in [0.4, 0.5) is 19.1 Å². The number of hydrogen-bond acceptors (Lipinski definition) is 8. The number of nitrogen functional groups attached to an aromatic ring is 1. The number of rotatable bonds is 2. The molecule has 1 atom stereocenters. The molecule has 1 aromatic carbocycles. The summed E-state index contributed by atoms with van der Waals surface area (Å²) in [5.74, 6) is -0.220. The van der Waals surface area contributed by atoms with Gasteiger partial charge in [-0.25, -0.2) is 4.98 Å². The Balaban J connectivity index is 1.50. The molecule has 3 aromatic heterocycles. The van der Waals surface area contributed by atoms with Crippen molar-refractivity contribution in [3.63, 3.8) is 0 Å². The smallest absolute Gasteiger partial charge is 0.377 e. The first-order valence-corrected chi connectivity index (χ1v) is 9.52. The normalized spacial score (nSPS) is 17.2. The lowest BCUT2D eigenvalue weighted by molar-refractivity contribution is -0.137. The quantitative estimate of drug-likeness (QED) is 0.497. The number of carbonyl (C=O) groups excluding carboxylic acids is 1. The third-order valence-electron chi connectivity index (χ3n) is 5.25. The molecular weight excluding hydrogens is 429 g/mol. The summed E-state index contributed by atoms with van der Waals surface area (Å²) in [5.41, 5.74) is 6.51. The lowest BCUT2D eigenvalue weighted by atomic mass is 10.1. The number of benzene rings is 1. The summed E-state index contributed by atoms with van der Waals surface area (Å²) in [6.45, 7) is 0.674. The summed E-state index contributed by atoms with van der Waals surface area (Å²) in [4.78, 5) is 23.1. The number of aromatic nitrogens is 6. The number of amides is 1. The zero-order valence-electron chi connectivity index (χ0n) is 16.3. The van der Waals surface area contributed by atoms with E-state index < -0.39 is 17.8 Å². The fourth-order valence-electron chi connectivity index (χ4n) is 3.65. The van der Waals surface area contributed by atoms with Crippen molar-refractivity contribution in [1.29, 1.82) is 0 Å². The summed E-state index contributed by atoms with van der Waals surface area (Å²) in [6, 6.07) is 6.43.